The minimum absolute atomic E-state index is 0.737. The summed E-state index contributed by atoms with van der Waals surface area (Å²) in [4.78, 5) is 0. The first-order valence-electron chi connectivity index (χ1n) is 5.30. The highest BCUT2D eigenvalue weighted by atomic mass is 14.5. The fourth-order valence-electron chi connectivity index (χ4n) is 0.999. The Hall–Kier alpha value is -0.820. The molecule has 0 aliphatic rings. The van der Waals surface area contributed by atoms with E-state index in [1.807, 2.05) is 27.7 Å². The van der Waals surface area contributed by atoms with E-state index in [0.717, 1.165) is 30.5 Å². The Balaban J connectivity index is 0. The maximum absolute atomic E-state index is 5.43. The monoisotopic (exact) mass is 195 g/mol. The van der Waals surface area contributed by atoms with Gasteiger partial charge in [0.2, 0.25) is 0 Å². The van der Waals surface area contributed by atoms with Gasteiger partial charge in [0.25, 0.3) is 0 Å². The zero-order valence-electron chi connectivity index (χ0n) is 10.2. The van der Waals surface area contributed by atoms with E-state index in [1.165, 1.54) is 5.57 Å². The van der Waals surface area contributed by atoms with Crippen molar-refractivity contribution < 1.29 is 0 Å². The van der Waals surface area contributed by atoms with Crippen molar-refractivity contribution in [3.63, 3.8) is 0 Å². The molecule has 0 rings (SSSR count). The van der Waals surface area contributed by atoms with E-state index in [4.69, 9.17) is 5.73 Å². The molecule has 2 N–H and O–H groups in total. The third kappa shape index (κ3) is 9.27. The van der Waals surface area contributed by atoms with Crippen LogP contribution in [0, 0.1) is 0 Å². The lowest BCUT2D eigenvalue weighted by atomic mass is 10.0. The smallest absolute Gasteiger partial charge is 0.00741 e. The Kier molecular flexibility index (Phi) is 11.5. The molecule has 14 heavy (non-hydrogen) atoms. The van der Waals surface area contributed by atoms with Gasteiger partial charge in [0.1, 0.15) is 0 Å². The molecular formula is C13H25N. The van der Waals surface area contributed by atoms with Crippen LogP contribution in [0.1, 0.15) is 40.5 Å². The van der Waals surface area contributed by atoms with E-state index in [2.05, 4.69) is 19.2 Å². The second kappa shape index (κ2) is 10.3. The molecule has 0 aliphatic carbocycles. The molecule has 0 unspecified atom stereocenters. The molecule has 0 radical (unpaired) electrons. The molecule has 0 fully saturated rings. The first-order valence-corrected chi connectivity index (χ1v) is 5.30. The lowest BCUT2D eigenvalue weighted by Crippen LogP contribution is -1.99. The Morgan fingerprint density at radius 3 is 2.00 bits per heavy atom. The van der Waals surface area contributed by atoms with E-state index in [-0.39, 0.29) is 0 Å². The summed E-state index contributed by atoms with van der Waals surface area (Å²) in [5.41, 5.74) is 8.89. The standard InChI is InChI=1S/C11H19N.C2H6/c1-9(2)8-11(10(3)4)6-5-7-12;1-2/h8H,1,3,5-7,12H2,2,4H3;1-2H3/b11-8-;. The molecule has 0 heterocycles. The van der Waals surface area contributed by atoms with Crippen LogP contribution in [-0.4, -0.2) is 6.54 Å². The highest BCUT2D eigenvalue weighted by molar-refractivity contribution is 5.32. The van der Waals surface area contributed by atoms with Crippen molar-refractivity contribution in [3.05, 3.63) is 36.0 Å². The van der Waals surface area contributed by atoms with Crippen LogP contribution >= 0.6 is 0 Å². The van der Waals surface area contributed by atoms with Crippen molar-refractivity contribution in [2.24, 2.45) is 5.73 Å². The number of rotatable bonds is 5. The molecule has 0 aliphatic heterocycles. The fraction of sp³-hybridized carbons (Fsp3) is 0.538. The van der Waals surface area contributed by atoms with Gasteiger partial charge in [-0.15, -0.1) is 0 Å². The van der Waals surface area contributed by atoms with Gasteiger partial charge in [0.15, 0.2) is 0 Å². The van der Waals surface area contributed by atoms with Crippen molar-refractivity contribution in [2.75, 3.05) is 6.54 Å². The lowest BCUT2D eigenvalue weighted by Gasteiger charge is -2.05. The molecule has 0 bridgehead atoms. The maximum atomic E-state index is 5.43. The Bertz CT molecular complexity index is 199. The zero-order chi connectivity index (χ0) is 11.6. The van der Waals surface area contributed by atoms with Crippen LogP contribution in [0.25, 0.3) is 0 Å². The van der Waals surface area contributed by atoms with Crippen molar-refractivity contribution in [3.8, 4) is 0 Å². The maximum Gasteiger partial charge on any atom is -0.00741 e. The van der Waals surface area contributed by atoms with Gasteiger partial charge in [0, 0.05) is 0 Å². The minimum Gasteiger partial charge on any atom is -0.330 e. The molecule has 0 spiro atoms. The summed E-state index contributed by atoms with van der Waals surface area (Å²) in [6.45, 7) is 16.5. The van der Waals surface area contributed by atoms with Gasteiger partial charge in [-0.25, -0.2) is 0 Å². The second-order valence-electron chi connectivity index (χ2n) is 3.19. The van der Waals surface area contributed by atoms with Gasteiger partial charge < -0.3 is 5.73 Å². The second-order valence-corrected chi connectivity index (χ2v) is 3.19. The largest absolute Gasteiger partial charge is 0.330 e. The third-order valence-corrected chi connectivity index (χ3v) is 1.62. The average molecular weight is 195 g/mol. The summed E-state index contributed by atoms with van der Waals surface area (Å²) < 4.78 is 0. The molecule has 0 aromatic heterocycles. The normalized spacial score (nSPS) is 10.2. The van der Waals surface area contributed by atoms with Crippen LogP contribution in [0.5, 0.6) is 0 Å². The van der Waals surface area contributed by atoms with Crippen LogP contribution in [0.2, 0.25) is 0 Å². The predicted molar refractivity (Wildman–Crippen MR) is 67.3 cm³/mol. The molecule has 1 nitrogen and oxygen atoms in total. The highest BCUT2D eigenvalue weighted by Crippen LogP contribution is 2.15. The Labute approximate surface area is 89.4 Å². The van der Waals surface area contributed by atoms with Crippen LogP contribution in [-0.2, 0) is 0 Å². The van der Waals surface area contributed by atoms with E-state index >= 15 is 0 Å². The van der Waals surface area contributed by atoms with Crippen LogP contribution in [0.15, 0.2) is 36.0 Å². The van der Waals surface area contributed by atoms with E-state index in [9.17, 15) is 0 Å². The molecule has 0 atom stereocenters. The van der Waals surface area contributed by atoms with Crippen LogP contribution < -0.4 is 5.73 Å². The van der Waals surface area contributed by atoms with Crippen molar-refractivity contribution in [2.45, 2.75) is 40.5 Å². The summed E-state index contributed by atoms with van der Waals surface area (Å²) in [6, 6.07) is 0. The van der Waals surface area contributed by atoms with Gasteiger partial charge in [-0.3, -0.25) is 0 Å². The number of hydrogen-bond donors (Lipinski definition) is 1. The van der Waals surface area contributed by atoms with E-state index in [1.54, 1.807) is 0 Å². The predicted octanol–water partition coefficient (Wildman–Crippen LogP) is 3.83. The molecule has 0 saturated heterocycles. The molecule has 0 aromatic carbocycles. The summed E-state index contributed by atoms with van der Waals surface area (Å²) in [6.07, 6.45) is 4.11. The summed E-state index contributed by atoms with van der Waals surface area (Å²) in [5.74, 6) is 0. The van der Waals surface area contributed by atoms with Crippen LogP contribution in [0.4, 0.5) is 0 Å². The van der Waals surface area contributed by atoms with Crippen molar-refractivity contribution in [1.82, 2.24) is 0 Å². The van der Waals surface area contributed by atoms with Gasteiger partial charge in [-0.1, -0.05) is 44.2 Å². The summed E-state index contributed by atoms with van der Waals surface area (Å²) in [7, 11) is 0. The fourth-order valence-corrected chi connectivity index (χ4v) is 0.999. The SMILES string of the molecule is C=C(C)/C=C(/CCCN)C(=C)C.CC. The molecule has 82 valence electrons. The zero-order valence-corrected chi connectivity index (χ0v) is 10.2. The van der Waals surface area contributed by atoms with Gasteiger partial charge in [-0.05, 0) is 38.8 Å². The van der Waals surface area contributed by atoms with Gasteiger partial charge in [0.05, 0.1) is 0 Å². The molecule has 1 heteroatoms. The molecule has 0 saturated carbocycles. The minimum atomic E-state index is 0.737. The van der Waals surface area contributed by atoms with Gasteiger partial charge in [-0.2, -0.15) is 0 Å². The van der Waals surface area contributed by atoms with E-state index in [0.29, 0.717) is 0 Å². The lowest BCUT2D eigenvalue weighted by molar-refractivity contribution is 0.827. The third-order valence-electron chi connectivity index (χ3n) is 1.62. The Morgan fingerprint density at radius 1 is 1.21 bits per heavy atom. The van der Waals surface area contributed by atoms with Gasteiger partial charge >= 0.3 is 0 Å². The van der Waals surface area contributed by atoms with Crippen molar-refractivity contribution in [1.29, 1.82) is 0 Å². The Morgan fingerprint density at radius 2 is 1.71 bits per heavy atom. The quantitative estimate of drug-likeness (QED) is 0.663. The average Bonchev–Trinajstić information content (AvgIpc) is 2.14. The summed E-state index contributed by atoms with van der Waals surface area (Å²) >= 11 is 0. The first kappa shape index (κ1) is 15.6. The molecule has 0 aromatic rings. The van der Waals surface area contributed by atoms with Crippen LogP contribution in [0.3, 0.4) is 0 Å². The first-order chi connectivity index (χ1) is 6.57. The molecular weight excluding hydrogens is 170 g/mol. The number of hydrogen-bond acceptors (Lipinski definition) is 1. The topological polar surface area (TPSA) is 26.0 Å². The van der Waals surface area contributed by atoms with E-state index < -0.39 is 0 Å². The summed E-state index contributed by atoms with van der Waals surface area (Å²) in [5, 5.41) is 0. The molecule has 0 amide bonds. The highest BCUT2D eigenvalue weighted by Gasteiger charge is 1.96. The van der Waals surface area contributed by atoms with Crippen molar-refractivity contribution >= 4 is 0 Å². The number of allylic oxidation sites excluding steroid dienone is 4. The number of nitrogens with two attached hydrogens (primary N) is 1.